The summed E-state index contributed by atoms with van der Waals surface area (Å²) >= 11 is 0. The van der Waals surface area contributed by atoms with Crippen molar-refractivity contribution < 1.29 is 0 Å². The zero-order chi connectivity index (χ0) is 25.3. The van der Waals surface area contributed by atoms with E-state index in [1.807, 2.05) is 0 Å². The standard InChI is InChI=1S/C29H64N2Si2/c1-10-17-28(8)18-23-31(14-5)22-16-25-33(9,24-15-21-30(13-4)20-11-2)26-19-29(32,12-3)27(6)7/h11,27-28H,2,10,12-26H2,1,3-9,32H3. The molecule has 0 spiro atoms. The molecule has 3 unspecified atom stereocenters. The predicted octanol–water partition coefficient (Wildman–Crippen LogP) is 7.48. The van der Waals surface area contributed by atoms with E-state index in [2.05, 4.69) is 77.5 Å². The van der Waals surface area contributed by atoms with Crippen LogP contribution in [0.25, 0.3) is 0 Å². The zero-order valence-corrected chi connectivity index (χ0v) is 27.6. The molecular weight excluding hydrogens is 433 g/mol. The number of hydrogen-bond donors (Lipinski definition) is 0. The maximum absolute atomic E-state index is 3.95. The van der Waals surface area contributed by atoms with Gasteiger partial charge in [0.2, 0.25) is 0 Å². The van der Waals surface area contributed by atoms with Gasteiger partial charge in [-0.3, -0.25) is 4.90 Å². The average Bonchev–Trinajstić information content (AvgIpc) is 2.79. The summed E-state index contributed by atoms with van der Waals surface area (Å²) in [6, 6.07) is 4.59. The largest absolute Gasteiger partial charge is 0.304 e. The van der Waals surface area contributed by atoms with Crippen molar-refractivity contribution in [1.29, 1.82) is 0 Å². The first kappa shape index (κ1) is 33.1. The van der Waals surface area contributed by atoms with Crippen LogP contribution in [0, 0.1) is 11.8 Å². The van der Waals surface area contributed by atoms with Gasteiger partial charge in [0.1, 0.15) is 0 Å². The van der Waals surface area contributed by atoms with Gasteiger partial charge in [-0.25, -0.2) is 0 Å². The van der Waals surface area contributed by atoms with Crippen molar-refractivity contribution in [2.45, 2.75) is 123 Å². The first-order valence-corrected chi connectivity index (χ1v) is 18.8. The van der Waals surface area contributed by atoms with Crippen LogP contribution in [0.2, 0.25) is 29.7 Å². The number of likely N-dealkylation sites (N-methyl/N-ethyl adjacent to an activating group) is 1. The summed E-state index contributed by atoms with van der Waals surface area (Å²) in [5.74, 6) is 1.73. The van der Waals surface area contributed by atoms with Crippen molar-refractivity contribution in [3.63, 3.8) is 0 Å². The van der Waals surface area contributed by atoms with Crippen molar-refractivity contribution in [3.8, 4) is 0 Å². The summed E-state index contributed by atoms with van der Waals surface area (Å²) in [6.07, 6.45) is 11.8. The van der Waals surface area contributed by atoms with Crippen LogP contribution in [-0.2, 0) is 0 Å². The molecule has 0 aromatic heterocycles. The molecule has 0 aliphatic heterocycles. The summed E-state index contributed by atoms with van der Waals surface area (Å²) in [7, 11) is 0.128. The van der Waals surface area contributed by atoms with Gasteiger partial charge in [0.25, 0.3) is 0 Å². The highest BCUT2D eigenvalue weighted by molar-refractivity contribution is 6.78. The molecule has 0 aromatic carbocycles. The van der Waals surface area contributed by atoms with Crippen LogP contribution in [0.4, 0.5) is 0 Å². The molecule has 0 radical (unpaired) electrons. The van der Waals surface area contributed by atoms with Crippen LogP contribution in [0.15, 0.2) is 12.7 Å². The van der Waals surface area contributed by atoms with Gasteiger partial charge in [-0.05, 0) is 68.9 Å². The highest BCUT2D eigenvalue weighted by Crippen LogP contribution is 2.43. The molecule has 0 amide bonds. The molecule has 4 heteroatoms. The molecule has 0 saturated heterocycles. The van der Waals surface area contributed by atoms with E-state index in [-0.39, 0.29) is 0 Å². The molecule has 0 aliphatic rings. The Morgan fingerprint density at radius 2 is 1.45 bits per heavy atom. The smallest absolute Gasteiger partial charge is 0.0505 e. The van der Waals surface area contributed by atoms with E-state index < -0.39 is 8.07 Å². The minimum atomic E-state index is -1.22. The van der Waals surface area contributed by atoms with E-state index in [4.69, 9.17) is 0 Å². The molecule has 33 heavy (non-hydrogen) atoms. The maximum Gasteiger partial charge on any atom is 0.0505 e. The Kier molecular flexibility index (Phi) is 18.4. The molecule has 0 aliphatic carbocycles. The minimum Gasteiger partial charge on any atom is -0.304 e. The lowest BCUT2D eigenvalue weighted by atomic mass is 9.89. The van der Waals surface area contributed by atoms with Gasteiger partial charge in [-0.15, -0.1) is 6.58 Å². The lowest BCUT2D eigenvalue weighted by molar-refractivity contribution is 0.263. The Balaban J connectivity index is 4.96. The van der Waals surface area contributed by atoms with Crippen LogP contribution >= 0.6 is 0 Å². The van der Waals surface area contributed by atoms with E-state index in [0.717, 1.165) is 24.9 Å². The normalized spacial score (nSPS) is 16.9. The summed E-state index contributed by atoms with van der Waals surface area (Å²) < 4.78 is 0. The number of hydrogen-bond acceptors (Lipinski definition) is 2. The summed E-state index contributed by atoms with van der Waals surface area (Å²) in [4.78, 5) is 5.30. The van der Waals surface area contributed by atoms with Gasteiger partial charge in [0, 0.05) is 16.8 Å². The first-order valence-electron chi connectivity index (χ1n) is 14.6. The van der Waals surface area contributed by atoms with Crippen molar-refractivity contribution in [1.82, 2.24) is 9.80 Å². The molecule has 0 fully saturated rings. The van der Waals surface area contributed by atoms with Crippen molar-refractivity contribution in [2.75, 3.05) is 39.3 Å². The second-order valence-corrected chi connectivity index (χ2v) is 19.1. The van der Waals surface area contributed by atoms with Gasteiger partial charge >= 0.3 is 0 Å². The van der Waals surface area contributed by atoms with Gasteiger partial charge < -0.3 is 4.90 Å². The van der Waals surface area contributed by atoms with E-state index in [0.29, 0.717) is 5.04 Å². The Hall–Kier alpha value is 0.0938. The van der Waals surface area contributed by atoms with E-state index in [1.165, 1.54) is 93.5 Å². The Morgan fingerprint density at radius 1 is 0.879 bits per heavy atom. The van der Waals surface area contributed by atoms with Gasteiger partial charge in [-0.2, -0.15) is 0 Å². The second-order valence-electron chi connectivity index (χ2n) is 12.0. The SMILES string of the molecule is C=CCN(CC)CCC[Si](C)(CCCN(CC)CCC(C)CCC)CCC([SiH3])(CC)C(C)C. The van der Waals surface area contributed by atoms with Crippen molar-refractivity contribution in [3.05, 3.63) is 12.7 Å². The average molecular weight is 497 g/mol. The van der Waals surface area contributed by atoms with E-state index >= 15 is 0 Å². The van der Waals surface area contributed by atoms with E-state index in [9.17, 15) is 0 Å². The monoisotopic (exact) mass is 496 g/mol. The highest BCUT2D eigenvalue weighted by atomic mass is 28.3. The fourth-order valence-electron chi connectivity index (χ4n) is 5.32. The van der Waals surface area contributed by atoms with E-state index in [1.54, 1.807) is 6.04 Å². The maximum atomic E-state index is 3.95. The third kappa shape index (κ3) is 14.3. The number of nitrogens with zero attached hydrogens (tertiary/aromatic N) is 2. The van der Waals surface area contributed by atoms with Crippen LogP contribution in [0.3, 0.4) is 0 Å². The van der Waals surface area contributed by atoms with Crippen LogP contribution < -0.4 is 0 Å². The Bertz CT molecular complexity index is 484. The molecule has 2 nitrogen and oxygen atoms in total. The summed E-state index contributed by atoms with van der Waals surface area (Å²) in [5.41, 5.74) is 0. The predicted molar refractivity (Wildman–Crippen MR) is 161 cm³/mol. The Morgan fingerprint density at radius 3 is 1.91 bits per heavy atom. The molecule has 0 N–H and O–H groups in total. The summed E-state index contributed by atoms with van der Waals surface area (Å²) in [6.45, 7) is 30.8. The first-order chi connectivity index (χ1) is 15.6. The highest BCUT2D eigenvalue weighted by Gasteiger charge is 2.32. The topological polar surface area (TPSA) is 6.48 Å². The van der Waals surface area contributed by atoms with Crippen LogP contribution in [-0.4, -0.2) is 67.4 Å². The molecule has 198 valence electrons. The van der Waals surface area contributed by atoms with Gasteiger partial charge in [0.05, 0.1) is 8.07 Å². The third-order valence-corrected chi connectivity index (χ3v) is 16.0. The lowest BCUT2D eigenvalue weighted by Gasteiger charge is -2.38. The van der Waals surface area contributed by atoms with Crippen molar-refractivity contribution in [2.24, 2.45) is 11.8 Å². The van der Waals surface area contributed by atoms with Crippen molar-refractivity contribution >= 4 is 18.3 Å². The Labute approximate surface area is 214 Å². The lowest BCUT2D eigenvalue weighted by Crippen LogP contribution is -2.35. The fourth-order valence-corrected chi connectivity index (χ4v) is 10.0. The second kappa shape index (κ2) is 18.4. The molecule has 0 aromatic rings. The van der Waals surface area contributed by atoms with Crippen LogP contribution in [0.5, 0.6) is 0 Å². The number of rotatable bonds is 22. The zero-order valence-electron chi connectivity index (χ0n) is 24.6. The molecule has 3 atom stereocenters. The molecule has 0 rings (SSSR count). The quantitative estimate of drug-likeness (QED) is 0.113. The van der Waals surface area contributed by atoms with Gasteiger partial charge in [-0.1, -0.05) is 105 Å². The van der Waals surface area contributed by atoms with Crippen LogP contribution in [0.1, 0.15) is 93.4 Å². The third-order valence-electron chi connectivity index (χ3n) is 9.01. The molecule has 0 saturated carbocycles. The molecule has 0 bridgehead atoms. The van der Waals surface area contributed by atoms with Gasteiger partial charge in [0.15, 0.2) is 0 Å². The summed E-state index contributed by atoms with van der Waals surface area (Å²) in [5, 5.41) is 0.650. The fraction of sp³-hybridized carbons (Fsp3) is 0.931. The molecular formula is C29H64N2Si2. The molecule has 0 heterocycles. The minimum absolute atomic E-state index is 0.650.